The van der Waals surface area contributed by atoms with Gasteiger partial charge in [0, 0.05) is 0 Å². The predicted molar refractivity (Wildman–Crippen MR) is 112 cm³/mol. The van der Waals surface area contributed by atoms with E-state index in [1.54, 1.807) is 25.1 Å². The second kappa shape index (κ2) is 10.2. The fourth-order valence-corrected chi connectivity index (χ4v) is 2.58. The smallest absolute Gasteiger partial charge is 0.340 e. The number of nitriles is 1. The monoisotopic (exact) mass is 407 g/mol. The molecule has 2 amide bonds. The summed E-state index contributed by atoms with van der Waals surface area (Å²) in [5.74, 6) is -1.72. The molecule has 0 radical (unpaired) electrons. The maximum absolute atomic E-state index is 12.5. The molecule has 0 saturated heterocycles. The largest absolute Gasteiger partial charge is 0.452 e. The molecule has 2 aromatic rings. The Kier molecular flexibility index (Phi) is 7.70. The Hall–Kier alpha value is -3.66. The standard InChI is InChI=1S/C23H25N3O4/c1-16(2)23(3,15-24)26-21(28)14-30-22(29)18-11-7-8-12-19(18)25-20(27)13-17-9-5-4-6-10-17/h4-12,16H,13-14H2,1-3H3,(H,25,27)(H,26,28)/t23-/m0/s1. The van der Waals surface area contributed by atoms with Gasteiger partial charge in [0.2, 0.25) is 5.91 Å². The first-order chi connectivity index (χ1) is 14.2. The van der Waals surface area contributed by atoms with Crippen molar-refractivity contribution in [1.29, 1.82) is 5.26 Å². The molecule has 156 valence electrons. The van der Waals surface area contributed by atoms with E-state index in [9.17, 15) is 19.6 Å². The van der Waals surface area contributed by atoms with Gasteiger partial charge in [-0.2, -0.15) is 5.26 Å². The van der Waals surface area contributed by atoms with Crippen molar-refractivity contribution in [2.24, 2.45) is 5.92 Å². The van der Waals surface area contributed by atoms with Crippen LogP contribution in [0.15, 0.2) is 54.6 Å². The molecule has 0 fully saturated rings. The molecule has 0 heterocycles. The summed E-state index contributed by atoms with van der Waals surface area (Å²) in [6.07, 6.45) is 0.161. The number of amides is 2. The predicted octanol–water partition coefficient (Wildman–Crippen LogP) is 3.08. The fourth-order valence-electron chi connectivity index (χ4n) is 2.58. The van der Waals surface area contributed by atoms with Crippen molar-refractivity contribution >= 4 is 23.5 Å². The first-order valence-electron chi connectivity index (χ1n) is 9.57. The van der Waals surface area contributed by atoms with Crippen molar-refractivity contribution in [3.63, 3.8) is 0 Å². The van der Waals surface area contributed by atoms with E-state index in [0.717, 1.165) is 5.56 Å². The zero-order chi connectivity index (χ0) is 22.1. The number of nitrogens with one attached hydrogen (secondary N) is 2. The average Bonchev–Trinajstić information content (AvgIpc) is 2.72. The van der Waals surface area contributed by atoms with E-state index in [4.69, 9.17) is 4.74 Å². The molecule has 7 heteroatoms. The molecule has 0 aliphatic heterocycles. The number of carbonyl (C=O) groups excluding carboxylic acids is 3. The van der Waals surface area contributed by atoms with Gasteiger partial charge in [0.15, 0.2) is 6.61 Å². The SMILES string of the molecule is CC(C)[C@](C)(C#N)NC(=O)COC(=O)c1ccccc1NC(=O)Cc1ccccc1. The van der Waals surface area contributed by atoms with Crippen LogP contribution in [0.4, 0.5) is 5.69 Å². The number of anilines is 1. The number of rotatable bonds is 8. The molecule has 30 heavy (non-hydrogen) atoms. The van der Waals surface area contributed by atoms with Crippen LogP contribution >= 0.6 is 0 Å². The molecule has 2 rings (SSSR count). The van der Waals surface area contributed by atoms with Crippen molar-refractivity contribution in [3.05, 3.63) is 65.7 Å². The highest BCUT2D eigenvalue weighted by Gasteiger charge is 2.30. The number of ether oxygens (including phenoxy) is 1. The van der Waals surface area contributed by atoms with Crippen LogP contribution in [0.3, 0.4) is 0 Å². The Bertz CT molecular complexity index is 950. The van der Waals surface area contributed by atoms with Crippen LogP contribution in [-0.2, 0) is 20.7 Å². The van der Waals surface area contributed by atoms with E-state index in [2.05, 4.69) is 16.7 Å². The summed E-state index contributed by atoms with van der Waals surface area (Å²) in [7, 11) is 0. The van der Waals surface area contributed by atoms with Crippen molar-refractivity contribution < 1.29 is 19.1 Å². The van der Waals surface area contributed by atoms with E-state index in [-0.39, 0.29) is 23.8 Å². The Morgan fingerprint density at radius 2 is 1.67 bits per heavy atom. The first kappa shape index (κ1) is 22.6. The van der Waals surface area contributed by atoms with Crippen LogP contribution in [0.1, 0.15) is 36.7 Å². The lowest BCUT2D eigenvalue weighted by molar-refractivity contribution is -0.125. The number of hydrogen-bond acceptors (Lipinski definition) is 5. The van der Waals surface area contributed by atoms with Crippen LogP contribution in [0.2, 0.25) is 0 Å². The van der Waals surface area contributed by atoms with Crippen LogP contribution in [0.5, 0.6) is 0 Å². The summed E-state index contributed by atoms with van der Waals surface area (Å²) >= 11 is 0. The van der Waals surface area contributed by atoms with Gasteiger partial charge in [-0.15, -0.1) is 0 Å². The zero-order valence-electron chi connectivity index (χ0n) is 17.3. The lowest BCUT2D eigenvalue weighted by Gasteiger charge is -2.27. The van der Waals surface area contributed by atoms with E-state index >= 15 is 0 Å². The van der Waals surface area contributed by atoms with Gasteiger partial charge < -0.3 is 15.4 Å². The molecule has 7 nitrogen and oxygen atoms in total. The minimum absolute atomic E-state index is 0.122. The molecule has 2 aromatic carbocycles. The number of nitrogens with zero attached hydrogens (tertiary/aromatic N) is 1. The van der Waals surface area contributed by atoms with Gasteiger partial charge in [-0.3, -0.25) is 9.59 Å². The molecular weight excluding hydrogens is 382 g/mol. The number of para-hydroxylation sites is 1. The van der Waals surface area contributed by atoms with Gasteiger partial charge in [-0.1, -0.05) is 56.3 Å². The molecule has 1 atom stereocenters. The molecule has 0 bridgehead atoms. The second-order valence-corrected chi connectivity index (χ2v) is 7.35. The minimum atomic E-state index is -1.06. The van der Waals surface area contributed by atoms with E-state index in [0.29, 0.717) is 5.69 Å². The summed E-state index contributed by atoms with van der Waals surface area (Å²) in [5, 5.41) is 14.6. The first-order valence-corrected chi connectivity index (χ1v) is 9.57. The van der Waals surface area contributed by atoms with Crippen LogP contribution in [-0.4, -0.2) is 29.9 Å². The van der Waals surface area contributed by atoms with E-state index in [1.807, 2.05) is 44.2 Å². The van der Waals surface area contributed by atoms with Crippen molar-refractivity contribution in [1.82, 2.24) is 5.32 Å². The summed E-state index contributed by atoms with van der Waals surface area (Å²) in [6.45, 7) is 4.69. The molecule has 0 spiro atoms. The Balaban J connectivity index is 1.99. The molecular formula is C23H25N3O4. The highest BCUT2D eigenvalue weighted by molar-refractivity contribution is 6.02. The third-order valence-electron chi connectivity index (χ3n) is 4.75. The van der Waals surface area contributed by atoms with Crippen LogP contribution < -0.4 is 10.6 Å². The van der Waals surface area contributed by atoms with Gasteiger partial charge in [-0.25, -0.2) is 4.79 Å². The number of esters is 1. The third-order valence-corrected chi connectivity index (χ3v) is 4.75. The molecule has 0 saturated carbocycles. The maximum Gasteiger partial charge on any atom is 0.340 e. The maximum atomic E-state index is 12.5. The third kappa shape index (κ3) is 6.17. The summed E-state index contributed by atoms with van der Waals surface area (Å²) in [6, 6.07) is 17.7. The topological polar surface area (TPSA) is 108 Å². The molecule has 0 aliphatic rings. The van der Waals surface area contributed by atoms with Gasteiger partial charge in [0.25, 0.3) is 5.91 Å². The molecule has 0 unspecified atom stereocenters. The number of hydrogen-bond donors (Lipinski definition) is 2. The number of carbonyl (C=O) groups is 3. The van der Waals surface area contributed by atoms with Crippen molar-refractivity contribution in [3.8, 4) is 6.07 Å². The van der Waals surface area contributed by atoms with E-state index < -0.39 is 24.0 Å². The lowest BCUT2D eigenvalue weighted by Crippen LogP contribution is -2.50. The summed E-state index contributed by atoms with van der Waals surface area (Å²) < 4.78 is 5.09. The lowest BCUT2D eigenvalue weighted by atomic mass is 9.90. The normalized spacial score (nSPS) is 12.4. The molecule has 2 N–H and O–H groups in total. The van der Waals surface area contributed by atoms with Gasteiger partial charge in [-0.05, 0) is 30.5 Å². The number of benzene rings is 2. The highest BCUT2D eigenvalue weighted by atomic mass is 16.5. The average molecular weight is 407 g/mol. The Labute approximate surface area is 176 Å². The quantitative estimate of drug-likeness (QED) is 0.654. The minimum Gasteiger partial charge on any atom is -0.452 e. The highest BCUT2D eigenvalue weighted by Crippen LogP contribution is 2.18. The van der Waals surface area contributed by atoms with Crippen molar-refractivity contribution in [2.45, 2.75) is 32.7 Å². The van der Waals surface area contributed by atoms with Gasteiger partial charge in [0.1, 0.15) is 5.54 Å². The van der Waals surface area contributed by atoms with Gasteiger partial charge >= 0.3 is 5.97 Å². The van der Waals surface area contributed by atoms with Crippen LogP contribution in [0.25, 0.3) is 0 Å². The second-order valence-electron chi connectivity index (χ2n) is 7.35. The van der Waals surface area contributed by atoms with Crippen molar-refractivity contribution in [2.75, 3.05) is 11.9 Å². The summed E-state index contributed by atoms with van der Waals surface area (Å²) in [5.41, 5.74) is 0.219. The Morgan fingerprint density at radius 3 is 2.30 bits per heavy atom. The zero-order valence-corrected chi connectivity index (χ0v) is 17.3. The Morgan fingerprint density at radius 1 is 1.03 bits per heavy atom. The van der Waals surface area contributed by atoms with Gasteiger partial charge in [0.05, 0.1) is 23.7 Å². The molecule has 0 aliphatic carbocycles. The molecule has 0 aromatic heterocycles. The fraction of sp³-hybridized carbons (Fsp3) is 0.304. The van der Waals surface area contributed by atoms with Crippen LogP contribution in [0, 0.1) is 17.2 Å². The summed E-state index contributed by atoms with van der Waals surface area (Å²) in [4.78, 5) is 36.9. The van der Waals surface area contributed by atoms with E-state index in [1.165, 1.54) is 6.07 Å².